The zero-order valence-electron chi connectivity index (χ0n) is 37.3. The summed E-state index contributed by atoms with van der Waals surface area (Å²) in [6.45, 7) is 12.6. The van der Waals surface area contributed by atoms with E-state index in [4.69, 9.17) is 33.2 Å². The SMILES string of the molecule is C=C(CC[C@@]12O[C@H](C(=O)OCc3ccccc3)[C@@](O)(C(=O)OC)[C@@](C(=O)OCc3ccccc3)(O1)[C@H](OC(=O)/C=C/[C@@H](C)C[C@@H](C)CC)[C@H]2O)C(OC(C)=O)[C@H](C)Cc1ccccc1. The molecule has 0 spiro atoms. The van der Waals surface area contributed by atoms with Crippen LogP contribution in [0.15, 0.2) is 115 Å². The van der Waals surface area contributed by atoms with Gasteiger partial charge < -0.3 is 43.4 Å². The maximum absolute atomic E-state index is 14.9. The molecule has 0 aromatic heterocycles. The molecule has 2 bridgehead atoms. The summed E-state index contributed by atoms with van der Waals surface area (Å²) in [6, 6.07) is 26.4. The topological polar surface area (TPSA) is 190 Å². The lowest BCUT2D eigenvalue weighted by atomic mass is 9.74. The van der Waals surface area contributed by atoms with Crippen LogP contribution in [0.5, 0.6) is 0 Å². The molecule has 0 saturated carbocycles. The largest absolute Gasteiger partial charge is 0.467 e. The maximum Gasteiger partial charge on any atom is 0.346 e. The highest BCUT2D eigenvalue weighted by molar-refractivity contribution is 5.99. The minimum absolute atomic E-state index is 0.0952. The van der Waals surface area contributed by atoms with Gasteiger partial charge >= 0.3 is 29.8 Å². The number of esters is 5. The minimum atomic E-state index is -3.52. The molecule has 2 heterocycles. The monoisotopic (exact) mass is 884 g/mol. The summed E-state index contributed by atoms with van der Waals surface area (Å²) in [5.74, 6) is -8.73. The van der Waals surface area contributed by atoms with E-state index in [-0.39, 0.29) is 24.9 Å². The van der Waals surface area contributed by atoms with Crippen molar-refractivity contribution in [2.45, 2.75) is 121 Å². The van der Waals surface area contributed by atoms with Crippen molar-refractivity contribution in [3.05, 3.63) is 132 Å². The quantitative estimate of drug-likeness (QED) is 0.0525. The number of methoxy groups -OCH3 is 1. The Hall–Kier alpha value is -5.67. The summed E-state index contributed by atoms with van der Waals surface area (Å²) in [7, 11) is 0.890. The van der Waals surface area contributed by atoms with E-state index < -0.39 is 84.3 Å². The van der Waals surface area contributed by atoms with E-state index in [0.29, 0.717) is 29.0 Å². The Kier molecular flexibility index (Phi) is 16.8. The first-order valence-electron chi connectivity index (χ1n) is 21.6. The molecule has 2 aliphatic rings. The van der Waals surface area contributed by atoms with Crippen LogP contribution in [0.1, 0.15) is 77.0 Å². The van der Waals surface area contributed by atoms with Gasteiger partial charge in [0.05, 0.1) is 7.11 Å². The number of carbonyl (C=O) groups is 5. The van der Waals surface area contributed by atoms with Crippen molar-refractivity contribution in [3.63, 3.8) is 0 Å². The second kappa shape index (κ2) is 21.8. The molecule has 14 heteroatoms. The molecule has 0 aliphatic carbocycles. The number of benzene rings is 3. The third-order valence-electron chi connectivity index (χ3n) is 11.9. The highest BCUT2D eigenvalue weighted by Crippen LogP contribution is 2.57. The van der Waals surface area contributed by atoms with E-state index >= 15 is 0 Å². The Balaban J connectivity index is 1.62. The second-order valence-corrected chi connectivity index (χ2v) is 16.8. The van der Waals surface area contributed by atoms with Gasteiger partial charge in [-0.25, -0.2) is 19.2 Å². The van der Waals surface area contributed by atoms with Crippen molar-refractivity contribution in [2.75, 3.05) is 7.11 Å². The average Bonchev–Trinajstić information content (AvgIpc) is 3.51. The van der Waals surface area contributed by atoms with Crippen LogP contribution in [0.25, 0.3) is 0 Å². The molecular weight excluding hydrogens is 825 g/mol. The molecule has 2 saturated heterocycles. The van der Waals surface area contributed by atoms with Gasteiger partial charge in [-0.15, -0.1) is 0 Å². The predicted molar refractivity (Wildman–Crippen MR) is 232 cm³/mol. The van der Waals surface area contributed by atoms with Crippen LogP contribution < -0.4 is 0 Å². The highest BCUT2D eigenvalue weighted by Gasteiger charge is 2.86. The highest BCUT2D eigenvalue weighted by atomic mass is 16.8. The first kappa shape index (κ1) is 49.3. The molecule has 64 heavy (non-hydrogen) atoms. The van der Waals surface area contributed by atoms with Crippen LogP contribution in [-0.2, 0) is 76.8 Å². The molecule has 2 N–H and O–H groups in total. The van der Waals surface area contributed by atoms with Gasteiger partial charge in [0.1, 0.15) is 25.4 Å². The number of aliphatic hydroxyl groups is 2. The molecule has 0 radical (unpaired) electrons. The summed E-state index contributed by atoms with van der Waals surface area (Å²) < 4.78 is 40.8. The molecule has 2 aliphatic heterocycles. The van der Waals surface area contributed by atoms with Gasteiger partial charge in [0.2, 0.25) is 17.5 Å². The zero-order chi connectivity index (χ0) is 46.7. The maximum atomic E-state index is 14.9. The molecule has 10 atom stereocenters. The molecule has 14 nitrogen and oxygen atoms in total. The van der Waals surface area contributed by atoms with Gasteiger partial charge in [0.15, 0.2) is 6.10 Å². The van der Waals surface area contributed by atoms with Crippen LogP contribution in [-0.4, -0.2) is 88.6 Å². The fourth-order valence-electron chi connectivity index (χ4n) is 8.34. The van der Waals surface area contributed by atoms with Crippen LogP contribution in [0, 0.1) is 17.8 Å². The fourth-order valence-corrected chi connectivity index (χ4v) is 8.34. The van der Waals surface area contributed by atoms with Crippen molar-refractivity contribution in [1.29, 1.82) is 0 Å². The summed E-state index contributed by atoms with van der Waals surface area (Å²) in [5.41, 5.74) is -4.45. The number of hydrogen-bond acceptors (Lipinski definition) is 14. The van der Waals surface area contributed by atoms with Crippen LogP contribution in [0.3, 0.4) is 0 Å². The lowest BCUT2D eigenvalue weighted by Gasteiger charge is -2.50. The lowest BCUT2D eigenvalue weighted by molar-refractivity contribution is -0.375. The Morgan fingerprint density at radius 3 is 1.95 bits per heavy atom. The van der Waals surface area contributed by atoms with E-state index in [1.807, 2.05) is 51.1 Å². The molecule has 3 aromatic carbocycles. The van der Waals surface area contributed by atoms with Gasteiger partial charge in [-0.2, -0.15) is 0 Å². The number of fused-ring (bicyclic) bond motifs is 2. The third kappa shape index (κ3) is 11.0. The molecule has 2 fully saturated rings. The third-order valence-corrected chi connectivity index (χ3v) is 11.9. The first-order chi connectivity index (χ1) is 30.5. The smallest absolute Gasteiger partial charge is 0.346 e. The van der Waals surface area contributed by atoms with E-state index in [1.54, 1.807) is 66.7 Å². The number of ether oxygens (including phenoxy) is 7. The van der Waals surface area contributed by atoms with E-state index in [9.17, 15) is 34.2 Å². The number of hydrogen-bond donors (Lipinski definition) is 2. The molecule has 344 valence electrons. The summed E-state index contributed by atoms with van der Waals surface area (Å²) in [5, 5.41) is 25.4. The molecular formula is C50H60O14. The molecule has 1 unspecified atom stereocenters. The van der Waals surface area contributed by atoms with Gasteiger partial charge in [-0.05, 0) is 53.4 Å². The Morgan fingerprint density at radius 2 is 1.41 bits per heavy atom. The van der Waals surface area contributed by atoms with Crippen molar-refractivity contribution in [3.8, 4) is 0 Å². The lowest BCUT2D eigenvalue weighted by Crippen LogP contribution is -2.78. The van der Waals surface area contributed by atoms with E-state index in [0.717, 1.165) is 31.6 Å². The van der Waals surface area contributed by atoms with Crippen molar-refractivity contribution in [2.24, 2.45) is 17.8 Å². The summed E-state index contributed by atoms with van der Waals surface area (Å²) in [4.78, 5) is 69.8. The minimum Gasteiger partial charge on any atom is -0.467 e. The van der Waals surface area contributed by atoms with E-state index in [2.05, 4.69) is 13.5 Å². The van der Waals surface area contributed by atoms with Gasteiger partial charge in [-0.1, -0.05) is 138 Å². The summed E-state index contributed by atoms with van der Waals surface area (Å²) >= 11 is 0. The van der Waals surface area contributed by atoms with E-state index in [1.165, 1.54) is 6.92 Å². The predicted octanol–water partition coefficient (Wildman–Crippen LogP) is 6.29. The number of allylic oxidation sites excluding steroid dienone is 1. The van der Waals surface area contributed by atoms with Crippen molar-refractivity contribution < 1.29 is 67.3 Å². The zero-order valence-corrected chi connectivity index (χ0v) is 37.3. The van der Waals surface area contributed by atoms with Gasteiger partial charge in [0, 0.05) is 25.3 Å². The number of rotatable bonds is 21. The van der Waals surface area contributed by atoms with Crippen molar-refractivity contribution >= 4 is 29.8 Å². The number of aliphatic hydroxyl groups excluding tert-OH is 1. The van der Waals surface area contributed by atoms with Gasteiger partial charge in [-0.3, -0.25) is 4.79 Å². The van der Waals surface area contributed by atoms with Crippen LogP contribution in [0.2, 0.25) is 0 Å². The standard InChI is InChI=1S/C50H60O14/c1-8-32(2)28-33(3)24-25-40(52)62-43-42(53)48(27-26-34(4)41(61-36(6)51)35(5)29-37-18-12-9-13-19-37)63-44(45(54)59-30-38-20-14-10-15-21-38)49(57,46(55)58-7)50(43,64-48)47(56)60-31-39-22-16-11-17-23-39/h9-25,32-33,35,41-44,53,57H,4,8,26-31H2,1-3,5-7H3/b25-24+/t32-,33+,35+,41?,42+,43+,44+,48+,49+,50+/m0/s1. The van der Waals surface area contributed by atoms with Gasteiger partial charge in [0.25, 0.3) is 5.60 Å². The molecule has 3 aromatic rings. The normalized spacial score (nSPS) is 25.6. The Labute approximate surface area is 374 Å². The molecule has 0 amide bonds. The first-order valence-corrected chi connectivity index (χ1v) is 21.6. The van der Waals surface area contributed by atoms with Crippen molar-refractivity contribution in [1.82, 2.24) is 0 Å². The number of carbonyl (C=O) groups excluding carboxylic acids is 5. The Bertz CT molecular complexity index is 2110. The molecule has 5 rings (SSSR count). The average molecular weight is 885 g/mol. The van der Waals surface area contributed by atoms with Crippen LogP contribution >= 0.6 is 0 Å². The summed E-state index contributed by atoms with van der Waals surface area (Å²) in [6.07, 6.45) is -3.58. The second-order valence-electron chi connectivity index (χ2n) is 16.8. The Morgan fingerprint density at radius 1 is 0.844 bits per heavy atom. The van der Waals surface area contributed by atoms with Crippen LogP contribution in [0.4, 0.5) is 0 Å². The fraction of sp³-hybridized carbons (Fsp3) is 0.460.